The summed E-state index contributed by atoms with van der Waals surface area (Å²) in [7, 11) is 0. The van der Waals surface area contributed by atoms with E-state index in [9.17, 15) is 0 Å². The second-order valence-electron chi connectivity index (χ2n) is 5.86. The van der Waals surface area contributed by atoms with Crippen molar-refractivity contribution in [1.29, 1.82) is 0 Å². The molecule has 1 aromatic rings. The van der Waals surface area contributed by atoms with Gasteiger partial charge in [0.25, 0.3) is 0 Å². The van der Waals surface area contributed by atoms with Crippen LogP contribution in [0.25, 0.3) is 0 Å². The van der Waals surface area contributed by atoms with E-state index < -0.39 is 0 Å². The van der Waals surface area contributed by atoms with Crippen molar-refractivity contribution in [1.82, 2.24) is 20.2 Å². The minimum absolute atomic E-state index is 0.599. The molecule has 1 fully saturated rings. The highest BCUT2D eigenvalue weighted by atomic mass is 32.2. The lowest BCUT2D eigenvalue weighted by atomic mass is 10.1. The molecule has 0 bridgehead atoms. The van der Waals surface area contributed by atoms with E-state index in [0.717, 1.165) is 37.1 Å². The van der Waals surface area contributed by atoms with Gasteiger partial charge in [0, 0.05) is 36.8 Å². The van der Waals surface area contributed by atoms with Gasteiger partial charge in [-0.3, -0.25) is 0 Å². The van der Waals surface area contributed by atoms with Crippen LogP contribution in [0.1, 0.15) is 32.3 Å². The molecule has 1 saturated heterocycles. The van der Waals surface area contributed by atoms with Crippen LogP contribution in [-0.2, 0) is 6.54 Å². The SMILES string of the molecule is CCNC(=NCc1ccnc(C)n1)N1CCSC(C(C)C)C1. The van der Waals surface area contributed by atoms with Gasteiger partial charge in [0.05, 0.1) is 12.2 Å². The van der Waals surface area contributed by atoms with Crippen molar-refractivity contribution in [2.45, 2.75) is 39.5 Å². The van der Waals surface area contributed by atoms with Crippen LogP contribution in [0.3, 0.4) is 0 Å². The van der Waals surface area contributed by atoms with E-state index in [1.807, 2.05) is 13.0 Å². The number of nitrogens with zero attached hydrogens (tertiary/aromatic N) is 4. The Kier molecular flexibility index (Phi) is 6.49. The number of guanidine groups is 1. The first-order chi connectivity index (χ1) is 10.6. The molecule has 1 aromatic heterocycles. The zero-order chi connectivity index (χ0) is 15.9. The average molecular weight is 321 g/mol. The first kappa shape index (κ1) is 17.1. The molecule has 122 valence electrons. The van der Waals surface area contributed by atoms with Crippen molar-refractivity contribution < 1.29 is 0 Å². The summed E-state index contributed by atoms with van der Waals surface area (Å²) >= 11 is 2.08. The predicted molar refractivity (Wildman–Crippen MR) is 94.2 cm³/mol. The summed E-state index contributed by atoms with van der Waals surface area (Å²) in [5.41, 5.74) is 0.967. The lowest BCUT2D eigenvalue weighted by Gasteiger charge is -2.36. The number of aromatic nitrogens is 2. The van der Waals surface area contributed by atoms with Gasteiger partial charge in [0.2, 0.25) is 0 Å². The number of hydrogen-bond donors (Lipinski definition) is 1. The topological polar surface area (TPSA) is 53.4 Å². The molecule has 0 radical (unpaired) electrons. The number of hydrogen-bond acceptors (Lipinski definition) is 4. The lowest BCUT2D eigenvalue weighted by molar-refractivity contribution is 0.380. The van der Waals surface area contributed by atoms with Crippen molar-refractivity contribution in [2.24, 2.45) is 10.9 Å². The smallest absolute Gasteiger partial charge is 0.194 e. The Balaban J connectivity index is 2.06. The molecule has 5 nitrogen and oxygen atoms in total. The average Bonchev–Trinajstić information content (AvgIpc) is 2.51. The molecule has 0 saturated carbocycles. The Labute approximate surface area is 138 Å². The van der Waals surface area contributed by atoms with Crippen molar-refractivity contribution in [3.8, 4) is 0 Å². The highest BCUT2D eigenvalue weighted by Crippen LogP contribution is 2.24. The zero-order valence-corrected chi connectivity index (χ0v) is 14.9. The normalized spacial score (nSPS) is 19.6. The second-order valence-corrected chi connectivity index (χ2v) is 7.21. The number of thioether (sulfide) groups is 1. The maximum Gasteiger partial charge on any atom is 0.194 e. The highest BCUT2D eigenvalue weighted by molar-refractivity contribution is 8.00. The number of aliphatic imine (C=N–C) groups is 1. The van der Waals surface area contributed by atoms with E-state index in [0.29, 0.717) is 17.7 Å². The summed E-state index contributed by atoms with van der Waals surface area (Å²) in [5, 5.41) is 4.10. The minimum Gasteiger partial charge on any atom is -0.357 e. The molecule has 2 rings (SSSR count). The third-order valence-corrected chi connectivity index (χ3v) is 5.24. The maximum absolute atomic E-state index is 4.77. The summed E-state index contributed by atoms with van der Waals surface area (Å²) in [6.45, 7) is 12.2. The molecule has 1 unspecified atom stereocenters. The number of nitrogens with one attached hydrogen (secondary N) is 1. The molecule has 0 aromatic carbocycles. The van der Waals surface area contributed by atoms with Crippen LogP contribution in [-0.4, -0.2) is 51.5 Å². The maximum atomic E-state index is 4.77. The van der Waals surface area contributed by atoms with E-state index in [4.69, 9.17) is 4.99 Å². The molecule has 1 N–H and O–H groups in total. The lowest BCUT2D eigenvalue weighted by Crippen LogP contribution is -2.49. The van der Waals surface area contributed by atoms with Gasteiger partial charge in [0.1, 0.15) is 5.82 Å². The van der Waals surface area contributed by atoms with Gasteiger partial charge < -0.3 is 10.2 Å². The summed E-state index contributed by atoms with van der Waals surface area (Å²) in [4.78, 5) is 15.7. The van der Waals surface area contributed by atoms with Crippen LogP contribution < -0.4 is 5.32 Å². The van der Waals surface area contributed by atoms with Crippen LogP contribution in [0.4, 0.5) is 0 Å². The number of aryl methyl sites for hydroxylation is 1. The van der Waals surface area contributed by atoms with Gasteiger partial charge in [-0.15, -0.1) is 0 Å². The third kappa shape index (κ3) is 4.87. The van der Waals surface area contributed by atoms with Gasteiger partial charge in [-0.1, -0.05) is 13.8 Å². The Morgan fingerprint density at radius 2 is 2.36 bits per heavy atom. The van der Waals surface area contributed by atoms with Gasteiger partial charge in [0.15, 0.2) is 5.96 Å². The second kappa shape index (κ2) is 8.36. The molecule has 1 atom stereocenters. The molecular weight excluding hydrogens is 294 g/mol. The Morgan fingerprint density at radius 1 is 1.55 bits per heavy atom. The fraction of sp³-hybridized carbons (Fsp3) is 0.688. The first-order valence-electron chi connectivity index (χ1n) is 8.03. The van der Waals surface area contributed by atoms with Crippen LogP contribution in [0.5, 0.6) is 0 Å². The fourth-order valence-electron chi connectivity index (χ4n) is 2.45. The molecule has 0 spiro atoms. The van der Waals surface area contributed by atoms with Crippen LogP contribution >= 0.6 is 11.8 Å². The van der Waals surface area contributed by atoms with Crippen molar-refractivity contribution in [3.63, 3.8) is 0 Å². The molecule has 6 heteroatoms. The summed E-state index contributed by atoms with van der Waals surface area (Å²) in [6.07, 6.45) is 1.80. The fourth-order valence-corrected chi connectivity index (χ4v) is 3.74. The molecule has 0 aliphatic carbocycles. The van der Waals surface area contributed by atoms with Crippen molar-refractivity contribution >= 4 is 17.7 Å². The molecule has 1 aliphatic rings. The monoisotopic (exact) mass is 321 g/mol. The first-order valence-corrected chi connectivity index (χ1v) is 9.08. The summed E-state index contributed by atoms with van der Waals surface area (Å²) in [5.74, 6) is 3.66. The van der Waals surface area contributed by atoms with E-state index >= 15 is 0 Å². The molecule has 22 heavy (non-hydrogen) atoms. The Hall–Kier alpha value is -1.30. The third-order valence-electron chi connectivity index (χ3n) is 3.70. The standard InChI is InChI=1S/C16H27N5S/c1-5-17-16(19-10-14-6-7-18-13(4)20-14)21-8-9-22-15(11-21)12(2)3/h6-7,12,15H,5,8-11H2,1-4H3,(H,17,19). The molecule has 2 heterocycles. The molecular formula is C16H27N5S. The summed E-state index contributed by atoms with van der Waals surface area (Å²) in [6, 6.07) is 1.93. The van der Waals surface area contributed by atoms with Crippen LogP contribution in [0.2, 0.25) is 0 Å². The minimum atomic E-state index is 0.599. The number of rotatable bonds is 4. The Bertz CT molecular complexity index is 503. The van der Waals surface area contributed by atoms with E-state index in [1.165, 1.54) is 5.75 Å². The molecule has 0 amide bonds. The quantitative estimate of drug-likeness (QED) is 0.681. The summed E-state index contributed by atoms with van der Waals surface area (Å²) < 4.78 is 0. The van der Waals surface area contributed by atoms with Crippen LogP contribution in [0, 0.1) is 12.8 Å². The largest absolute Gasteiger partial charge is 0.357 e. The highest BCUT2D eigenvalue weighted by Gasteiger charge is 2.24. The van der Waals surface area contributed by atoms with Crippen molar-refractivity contribution in [3.05, 3.63) is 23.8 Å². The predicted octanol–water partition coefficient (Wildman–Crippen LogP) is 2.32. The van der Waals surface area contributed by atoms with Gasteiger partial charge >= 0.3 is 0 Å². The van der Waals surface area contributed by atoms with Crippen LogP contribution in [0.15, 0.2) is 17.3 Å². The van der Waals surface area contributed by atoms with Crippen molar-refractivity contribution in [2.75, 3.05) is 25.4 Å². The Morgan fingerprint density at radius 3 is 3.05 bits per heavy atom. The van der Waals surface area contributed by atoms with Gasteiger partial charge in [-0.25, -0.2) is 15.0 Å². The molecule has 1 aliphatic heterocycles. The zero-order valence-electron chi connectivity index (χ0n) is 14.0. The van der Waals surface area contributed by atoms with E-state index in [-0.39, 0.29) is 0 Å². The van der Waals surface area contributed by atoms with E-state index in [2.05, 4.69) is 52.7 Å². The van der Waals surface area contributed by atoms with Gasteiger partial charge in [-0.2, -0.15) is 11.8 Å². The van der Waals surface area contributed by atoms with E-state index in [1.54, 1.807) is 6.20 Å². The van der Waals surface area contributed by atoms with Gasteiger partial charge in [-0.05, 0) is 25.8 Å².